The number of amides is 1. The van der Waals surface area contributed by atoms with Gasteiger partial charge in [-0.3, -0.25) is 0 Å². The molecule has 13 heavy (non-hydrogen) atoms. The molecule has 0 unspecified atom stereocenters. The Bertz CT molecular complexity index is 295. The molecule has 1 aromatic carbocycles. The molecule has 1 rings (SSSR count). The van der Waals surface area contributed by atoms with Gasteiger partial charge in [-0.05, 0) is 11.8 Å². The maximum absolute atomic E-state index is 10.5. The van der Waals surface area contributed by atoms with E-state index >= 15 is 0 Å². The van der Waals surface area contributed by atoms with Gasteiger partial charge in [-0.25, -0.2) is 0 Å². The predicted octanol–water partition coefficient (Wildman–Crippen LogP) is 0.975. The molecule has 3 heteroatoms. The molecule has 0 N–H and O–H groups in total. The lowest BCUT2D eigenvalue weighted by molar-refractivity contribution is -0.262. The van der Waals surface area contributed by atoms with Crippen LogP contribution in [0.4, 0.5) is 4.79 Å². The van der Waals surface area contributed by atoms with Gasteiger partial charge in [0.2, 0.25) is 0 Å². The van der Waals surface area contributed by atoms with Crippen molar-refractivity contribution in [2.24, 2.45) is 0 Å². The average Bonchev–Trinajstić information content (AvgIpc) is 2.15. The van der Waals surface area contributed by atoms with Crippen LogP contribution in [0.15, 0.2) is 43.1 Å². The summed E-state index contributed by atoms with van der Waals surface area (Å²) < 4.78 is 0. The van der Waals surface area contributed by atoms with Crippen molar-refractivity contribution in [1.29, 1.82) is 0 Å². The predicted molar refractivity (Wildman–Crippen MR) is 47.6 cm³/mol. The lowest BCUT2D eigenvalue weighted by Gasteiger charge is -2.19. The number of hydrogen-bond acceptors (Lipinski definition) is 2. The summed E-state index contributed by atoms with van der Waals surface area (Å²) in [6.45, 7) is 3.67. The fourth-order valence-electron chi connectivity index (χ4n) is 0.984. The molecule has 0 saturated heterocycles. The minimum Gasteiger partial charge on any atom is -0.530 e. The van der Waals surface area contributed by atoms with E-state index in [4.69, 9.17) is 0 Å². The van der Waals surface area contributed by atoms with Gasteiger partial charge >= 0.3 is 0 Å². The smallest absolute Gasteiger partial charge is 0.141 e. The quantitative estimate of drug-likeness (QED) is 0.688. The van der Waals surface area contributed by atoms with E-state index in [1.807, 2.05) is 30.3 Å². The second-order valence-corrected chi connectivity index (χ2v) is 2.56. The first kappa shape index (κ1) is 9.32. The van der Waals surface area contributed by atoms with E-state index in [1.54, 1.807) is 0 Å². The second-order valence-electron chi connectivity index (χ2n) is 2.56. The van der Waals surface area contributed by atoms with Gasteiger partial charge in [0.1, 0.15) is 6.09 Å². The molecule has 0 aromatic heterocycles. The summed E-state index contributed by atoms with van der Waals surface area (Å²) in [7, 11) is 0. The highest BCUT2D eigenvalue weighted by molar-refractivity contribution is 5.63. The van der Waals surface area contributed by atoms with Crippen LogP contribution in [0.25, 0.3) is 0 Å². The van der Waals surface area contributed by atoms with Crippen molar-refractivity contribution in [1.82, 2.24) is 4.90 Å². The standard InChI is InChI=1S/C10H11NO2/c1-2-11(10(12)13)8-9-6-4-3-5-7-9/h2-7H,1,8H2,(H,12,13)/p-1. The highest BCUT2D eigenvalue weighted by Gasteiger charge is 1.99. The minimum atomic E-state index is -1.24. The Balaban J connectivity index is 2.67. The maximum Gasteiger partial charge on any atom is 0.141 e. The molecule has 0 atom stereocenters. The van der Waals surface area contributed by atoms with E-state index in [1.165, 1.54) is 6.20 Å². The Labute approximate surface area is 76.9 Å². The van der Waals surface area contributed by atoms with Gasteiger partial charge < -0.3 is 14.8 Å². The summed E-state index contributed by atoms with van der Waals surface area (Å²) in [6, 6.07) is 9.28. The van der Waals surface area contributed by atoms with Gasteiger partial charge in [0.25, 0.3) is 0 Å². The lowest BCUT2D eigenvalue weighted by atomic mass is 10.2. The van der Waals surface area contributed by atoms with Crippen molar-refractivity contribution in [2.75, 3.05) is 0 Å². The molecule has 0 aliphatic rings. The first-order valence-electron chi connectivity index (χ1n) is 3.88. The van der Waals surface area contributed by atoms with E-state index in [0.717, 1.165) is 10.5 Å². The van der Waals surface area contributed by atoms with Gasteiger partial charge in [0.05, 0.1) is 0 Å². The van der Waals surface area contributed by atoms with Crippen molar-refractivity contribution in [3.05, 3.63) is 48.7 Å². The number of carbonyl (C=O) groups excluding carboxylic acids is 1. The van der Waals surface area contributed by atoms with Crippen molar-refractivity contribution >= 4 is 6.09 Å². The van der Waals surface area contributed by atoms with Crippen LogP contribution < -0.4 is 5.11 Å². The van der Waals surface area contributed by atoms with Gasteiger partial charge in [-0.15, -0.1) is 0 Å². The molecular formula is C10H10NO2-. The Morgan fingerprint density at radius 1 is 1.46 bits per heavy atom. The molecule has 3 nitrogen and oxygen atoms in total. The molecule has 0 aliphatic carbocycles. The molecule has 0 heterocycles. The van der Waals surface area contributed by atoms with Crippen molar-refractivity contribution < 1.29 is 9.90 Å². The SMILES string of the molecule is C=CN(Cc1ccccc1)C(=O)[O-]. The molecule has 0 radical (unpaired) electrons. The van der Waals surface area contributed by atoms with Crippen LogP contribution in [0.3, 0.4) is 0 Å². The maximum atomic E-state index is 10.5. The number of nitrogens with zero attached hydrogens (tertiary/aromatic N) is 1. The fraction of sp³-hybridized carbons (Fsp3) is 0.100. The number of carbonyl (C=O) groups is 1. The summed E-state index contributed by atoms with van der Waals surface area (Å²) in [5.41, 5.74) is 0.909. The summed E-state index contributed by atoms with van der Waals surface area (Å²) in [5, 5.41) is 10.5. The summed E-state index contributed by atoms with van der Waals surface area (Å²) in [6.07, 6.45) is 0.00125. The molecule has 68 valence electrons. The Morgan fingerprint density at radius 3 is 2.54 bits per heavy atom. The largest absolute Gasteiger partial charge is 0.530 e. The van der Waals surface area contributed by atoms with Gasteiger partial charge in [0, 0.05) is 6.54 Å². The molecule has 1 aromatic rings. The summed E-state index contributed by atoms with van der Waals surface area (Å²) in [5.74, 6) is 0. The van der Waals surface area contributed by atoms with Crippen LogP contribution in [0, 0.1) is 0 Å². The minimum absolute atomic E-state index is 0.284. The average molecular weight is 176 g/mol. The van der Waals surface area contributed by atoms with Gasteiger partial charge in [-0.2, -0.15) is 0 Å². The van der Waals surface area contributed by atoms with Crippen LogP contribution in [0.1, 0.15) is 5.56 Å². The van der Waals surface area contributed by atoms with Crippen LogP contribution in [-0.2, 0) is 6.54 Å². The topological polar surface area (TPSA) is 43.4 Å². The second kappa shape index (κ2) is 4.30. The summed E-state index contributed by atoms with van der Waals surface area (Å²) in [4.78, 5) is 11.5. The van der Waals surface area contributed by atoms with E-state index in [9.17, 15) is 9.90 Å². The van der Waals surface area contributed by atoms with Gasteiger partial charge in [-0.1, -0.05) is 36.9 Å². The zero-order chi connectivity index (χ0) is 9.68. The highest BCUT2D eigenvalue weighted by atomic mass is 16.4. The Kier molecular flexibility index (Phi) is 3.09. The number of hydrogen-bond donors (Lipinski definition) is 0. The molecule has 0 bridgehead atoms. The van der Waals surface area contributed by atoms with Crippen molar-refractivity contribution in [3.8, 4) is 0 Å². The number of benzene rings is 1. The van der Waals surface area contributed by atoms with E-state index in [-0.39, 0.29) is 6.54 Å². The van der Waals surface area contributed by atoms with Crippen LogP contribution in [0.2, 0.25) is 0 Å². The molecular weight excluding hydrogens is 166 g/mol. The van der Waals surface area contributed by atoms with Crippen molar-refractivity contribution in [2.45, 2.75) is 6.54 Å². The first-order chi connectivity index (χ1) is 6.24. The molecule has 1 amide bonds. The molecule has 0 saturated carbocycles. The Hall–Kier alpha value is -1.77. The van der Waals surface area contributed by atoms with E-state index in [0.29, 0.717) is 0 Å². The monoisotopic (exact) mass is 176 g/mol. The third-order valence-electron chi connectivity index (χ3n) is 1.65. The first-order valence-corrected chi connectivity index (χ1v) is 3.88. The zero-order valence-electron chi connectivity index (χ0n) is 7.14. The fourth-order valence-corrected chi connectivity index (χ4v) is 0.984. The van der Waals surface area contributed by atoms with Crippen molar-refractivity contribution in [3.63, 3.8) is 0 Å². The third-order valence-corrected chi connectivity index (χ3v) is 1.65. The zero-order valence-corrected chi connectivity index (χ0v) is 7.14. The molecule has 0 fully saturated rings. The number of carboxylic acid groups (broad SMARTS) is 1. The molecule has 0 spiro atoms. The molecule has 0 aliphatic heterocycles. The van der Waals surface area contributed by atoms with Crippen LogP contribution in [-0.4, -0.2) is 11.0 Å². The lowest BCUT2D eigenvalue weighted by Crippen LogP contribution is -2.36. The third kappa shape index (κ3) is 2.63. The summed E-state index contributed by atoms with van der Waals surface area (Å²) >= 11 is 0. The highest BCUT2D eigenvalue weighted by Crippen LogP contribution is 2.03. The van der Waals surface area contributed by atoms with Gasteiger partial charge in [0.15, 0.2) is 0 Å². The van der Waals surface area contributed by atoms with E-state index < -0.39 is 6.09 Å². The number of rotatable bonds is 3. The Morgan fingerprint density at radius 2 is 2.08 bits per heavy atom. The van der Waals surface area contributed by atoms with Crippen LogP contribution in [0.5, 0.6) is 0 Å². The van der Waals surface area contributed by atoms with Crippen LogP contribution >= 0.6 is 0 Å². The normalized spacial score (nSPS) is 9.23. The van der Waals surface area contributed by atoms with E-state index in [2.05, 4.69) is 6.58 Å².